The normalized spacial score (nSPS) is 19.2. The van der Waals surface area contributed by atoms with Crippen molar-refractivity contribution in [1.29, 1.82) is 5.26 Å². The lowest BCUT2D eigenvalue weighted by Crippen LogP contribution is -2.44. The molecule has 0 saturated heterocycles. The number of fused-ring (bicyclic) bond motifs is 1. The van der Waals surface area contributed by atoms with Gasteiger partial charge in [0, 0.05) is 36.0 Å². The van der Waals surface area contributed by atoms with Crippen LogP contribution in [0.3, 0.4) is 0 Å². The van der Waals surface area contributed by atoms with Gasteiger partial charge in [-0.25, -0.2) is 0 Å². The van der Waals surface area contributed by atoms with Crippen LogP contribution in [0.5, 0.6) is 11.5 Å². The van der Waals surface area contributed by atoms with Gasteiger partial charge >= 0.3 is 0 Å². The number of methoxy groups -OCH3 is 2. The first kappa shape index (κ1) is 20.3. The number of aliphatic imine (C=N–C) groups is 2. The molecule has 31 heavy (non-hydrogen) atoms. The molecule has 2 aromatic rings. The lowest BCUT2D eigenvalue weighted by Gasteiger charge is -2.24. The van der Waals surface area contributed by atoms with E-state index >= 15 is 0 Å². The number of hydrogen-bond donors (Lipinski definition) is 1. The lowest BCUT2D eigenvalue weighted by molar-refractivity contribution is 0.395. The number of rotatable bonds is 5. The van der Waals surface area contributed by atoms with Crippen molar-refractivity contribution in [2.45, 2.75) is 19.3 Å². The van der Waals surface area contributed by atoms with Crippen molar-refractivity contribution in [2.75, 3.05) is 19.5 Å². The number of amidine groups is 1. The van der Waals surface area contributed by atoms with E-state index in [2.05, 4.69) is 21.4 Å². The Morgan fingerprint density at radius 2 is 1.71 bits per heavy atom. The molecule has 8 heteroatoms. The van der Waals surface area contributed by atoms with Gasteiger partial charge in [-0.1, -0.05) is 16.7 Å². The molecule has 0 spiro atoms. The first-order chi connectivity index (χ1) is 14.9. The summed E-state index contributed by atoms with van der Waals surface area (Å²) < 4.78 is 10.7. The number of benzene rings is 2. The Balaban J connectivity index is 1.70. The first-order valence-electron chi connectivity index (χ1n) is 9.72. The molecule has 0 fully saturated rings. The Morgan fingerprint density at radius 1 is 1.03 bits per heavy atom. The zero-order valence-electron chi connectivity index (χ0n) is 17.8. The lowest BCUT2D eigenvalue weighted by atomic mass is 9.86. The Morgan fingerprint density at radius 3 is 2.32 bits per heavy atom. The smallest absolute Gasteiger partial charge is 0.287 e. The van der Waals surface area contributed by atoms with E-state index < -0.39 is 5.41 Å². The Labute approximate surface area is 181 Å². The standard InChI is InChI=1S/C23H23N6O2/c1-23(2,15-24)16-5-7-18(8-6-16)29-10-9-25-14-21(29)27-22(28-29)26-17-11-19(30-3)13-20(12-17)31-4/h5-14H,1-4H3,(H,26,28)/q+1. The molecule has 2 aromatic carbocycles. The van der Waals surface area contributed by atoms with Crippen LogP contribution in [0.15, 0.2) is 70.0 Å². The maximum absolute atomic E-state index is 9.41. The summed E-state index contributed by atoms with van der Waals surface area (Å²) in [5, 5.41) is 17.5. The maximum Gasteiger partial charge on any atom is 0.287 e. The van der Waals surface area contributed by atoms with Crippen LogP contribution in [-0.2, 0) is 5.41 Å². The van der Waals surface area contributed by atoms with Crippen molar-refractivity contribution in [1.82, 2.24) is 4.59 Å². The first-order valence-corrected chi connectivity index (χ1v) is 9.72. The number of guanidine groups is 1. The van der Waals surface area contributed by atoms with Crippen LogP contribution in [-0.4, -0.2) is 32.2 Å². The summed E-state index contributed by atoms with van der Waals surface area (Å²) in [5.41, 5.74) is 2.00. The average molecular weight is 415 g/mol. The monoisotopic (exact) mass is 415 g/mol. The zero-order valence-corrected chi connectivity index (χ0v) is 17.8. The van der Waals surface area contributed by atoms with E-state index in [0.29, 0.717) is 23.3 Å². The fraction of sp³-hybridized carbons (Fsp3) is 0.217. The minimum Gasteiger partial charge on any atom is -0.497 e. The number of nitriles is 1. The minimum absolute atomic E-state index is 0.0558. The second kappa shape index (κ2) is 7.70. The summed E-state index contributed by atoms with van der Waals surface area (Å²) in [6.45, 7) is 3.79. The van der Waals surface area contributed by atoms with Crippen LogP contribution < -0.4 is 19.4 Å². The molecule has 1 unspecified atom stereocenters. The molecule has 0 radical (unpaired) electrons. The van der Waals surface area contributed by atoms with E-state index in [-0.39, 0.29) is 4.59 Å². The SMILES string of the molecule is COc1cc(NC2=N[N+]3(c4ccc(C(C)(C)C#N)cc4)C=CN=CC3=N2)cc(OC)c1. The second-order valence-corrected chi connectivity index (χ2v) is 7.67. The molecule has 2 heterocycles. The largest absolute Gasteiger partial charge is 0.497 e. The highest BCUT2D eigenvalue weighted by molar-refractivity contribution is 6.38. The molecule has 2 aliphatic heterocycles. The average Bonchev–Trinajstić information content (AvgIpc) is 3.17. The van der Waals surface area contributed by atoms with E-state index in [1.54, 1.807) is 32.7 Å². The highest BCUT2D eigenvalue weighted by atomic mass is 16.5. The molecule has 0 aliphatic carbocycles. The molecule has 2 aliphatic rings. The topological polar surface area (TPSA) is 91.4 Å². The molecule has 0 saturated carbocycles. The van der Waals surface area contributed by atoms with Crippen molar-refractivity contribution < 1.29 is 9.47 Å². The number of nitrogens with zero attached hydrogens (tertiary/aromatic N) is 5. The maximum atomic E-state index is 9.41. The van der Waals surface area contributed by atoms with E-state index in [1.807, 2.05) is 56.4 Å². The molecular weight excluding hydrogens is 392 g/mol. The molecule has 0 bridgehead atoms. The number of hydrogen-bond acceptors (Lipinski definition) is 7. The van der Waals surface area contributed by atoms with Gasteiger partial charge in [0.2, 0.25) is 0 Å². The van der Waals surface area contributed by atoms with Crippen molar-refractivity contribution in [3.05, 3.63) is 60.4 Å². The Bertz CT molecular complexity index is 1150. The molecule has 0 aromatic heterocycles. The van der Waals surface area contributed by atoms with Gasteiger partial charge in [0.15, 0.2) is 11.9 Å². The van der Waals surface area contributed by atoms with Gasteiger partial charge in [0.05, 0.1) is 31.9 Å². The third-order valence-corrected chi connectivity index (χ3v) is 5.25. The molecule has 0 amide bonds. The molecule has 156 valence electrons. The summed E-state index contributed by atoms with van der Waals surface area (Å²) >= 11 is 0. The number of ether oxygens (including phenoxy) is 2. The Kier molecular flexibility index (Phi) is 5.05. The van der Waals surface area contributed by atoms with Gasteiger partial charge in [0.25, 0.3) is 11.8 Å². The van der Waals surface area contributed by atoms with Crippen molar-refractivity contribution in [3.8, 4) is 17.6 Å². The predicted molar refractivity (Wildman–Crippen MR) is 123 cm³/mol. The van der Waals surface area contributed by atoms with Crippen molar-refractivity contribution >= 4 is 29.4 Å². The summed E-state index contributed by atoms with van der Waals surface area (Å²) in [7, 11) is 3.20. The van der Waals surface area contributed by atoms with Gasteiger partial charge in [-0.05, 0) is 24.5 Å². The third-order valence-electron chi connectivity index (χ3n) is 5.25. The zero-order chi connectivity index (χ0) is 22.1. The number of nitrogens with one attached hydrogen (secondary N) is 1. The number of quaternary nitrogens is 1. The summed E-state index contributed by atoms with van der Waals surface area (Å²) in [5.74, 6) is 2.41. The molecule has 1 atom stereocenters. The van der Waals surface area contributed by atoms with E-state index in [1.165, 1.54) is 0 Å². The second-order valence-electron chi connectivity index (χ2n) is 7.67. The Hall–Kier alpha value is -3.96. The van der Waals surface area contributed by atoms with Crippen molar-refractivity contribution in [2.24, 2.45) is 15.1 Å². The highest BCUT2D eigenvalue weighted by Gasteiger charge is 2.43. The highest BCUT2D eigenvalue weighted by Crippen LogP contribution is 2.34. The van der Waals surface area contributed by atoms with Crippen molar-refractivity contribution in [3.63, 3.8) is 0 Å². The minimum atomic E-state index is -0.568. The van der Waals surface area contributed by atoms with E-state index in [9.17, 15) is 5.26 Å². The van der Waals surface area contributed by atoms with Gasteiger partial charge in [0.1, 0.15) is 17.7 Å². The van der Waals surface area contributed by atoms with Crippen LogP contribution in [0.1, 0.15) is 19.4 Å². The summed E-state index contributed by atoms with van der Waals surface area (Å²) in [6.07, 6.45) is 5.26. The molecule has 1 N–H and O–H groups in total. The molecular formula is C23H23N6O2+. The quantitative estimate of drug-likeness (QED) is 0.742. The summed E-state index contributed by atoms with van der Waals surface area (Å²) in [4.78, 5) is 8.87. The van der Waals surface area contributed by atoms with Crippen LogP contribution in [0.4, 0.5) is 11.4 Å². The van der Waals surface area contributed by atoms with E-state index in [0.717, 1.165) is 16.9 Å². The van der Waals surface area contributed by atoms with Crippen LogP contribution in [0, 0.1) is 11.3 Å². The third kappa shape index (κ3) is 3.67. The fourth-order valence-electron chi connectivity index (χ4n) is 3.39. The van der Waals surface area contributed by atoms with Gasteiger partial charge in [-0.3, -0.25) is 4.99 Å². The summed E-state index contributed by atoms with van der Waals surface area (Å²) in [6, 6.07) is 15.7. The van der Waals surface area contributed by atoms with Crippen LogP contribution in [0.25, 0.3) is 0 Å². The number of anilines is 1. The van der Waals surface area contributed by atoms with Crippen LogP contribution in [0.2, 0.25) is 0 Å². The fourth-order valence-corrected chi connectivity index (χ4v) is 3.39. The molecule has 8 nitrogen and oxygen atoms in total. The predicted octanol–water partition coefficient (Wildman–Crippen LogP) is 4.16. The van der Waals surface area contributed by atoms with Crippen LogP contribution >= 0.6 is 0 Å². The van der Waals surface area contributed by atoms with E-state index in [4.69, 9.17) is 14.6 Å². The molecule has 4 rings (SSSR count). The van der Waals surface area contributed by atoms with Gasteiger partial charge < -0.3 is 14.8 Å². The van der Waals surface area contributed by atoms with Gasteiger partial charge in [-0.2, -0.15) is 10.3 Å². The van der Waals surface area contributed by atoms with Gasteiger partial charge in [-0.15, -0.1) is 0 Å².